The van der Waals surface area contributed by atoms with Crippen LogP contribution in [0.1, 0.15) is 96.8 Å². The van der Waals surface area contributed by atoms with E-state index in [-0.39, 0.29) is 36.9 Å². The van der Waals surface area contributed by atoms with E-state index < -0.39 is 17.9 Å². The van der Waals surface area contributed by atoms with E-state index in [0.29, 0.717) is 24.9 Å². The van der Waals surface area contributed by atoms with Crippen LogP contribution in [-0.2, 0) is 14.3 Å². The van der Waals surface area contributed by atoms with Gasteiger partial charge in [-0.2, -0.15) is 13.2 Å². The van der Waals surface area contributed by atoms with Crippen LogP contribution < -0.4 is 0 Å². The van der Waals surface area contributed by atoms with Crippen molar-refractivity contribution in [3.63, 3.8) is 0 Å². The second-order valence-electron chi connectivity index (χ2n) is 11.8. The monoisotopic (exact) mass is 502 g/mol. The maximum Gasteiger partial charge on any atom is 0.412 e. The summed E-state index contributed by atoms with van der Waals surface area (Å²) >= 11 is 0. The summed E-state index contributed by atoms with van der Waals surface area (Å²) < 4.78 is 63.0. The smallest absolute Gasteiger partial charge is 0.412 e. The van der Waals surface area contributed by atoms with Crippen LogP contribution in [0.5, 0.6) is 0 Å². The molecule has 1 heterocycles. The molecule has 4 aliphatic rings. The first-order valence-corrected chi connectivity index (χ1v) is 13.9. The van der Waals surface area contributed by atoms with E-state index in [1.165, 1.54) is 32.1 Å². The largest absolute Gasteiger partial charge is 0.462 e. The molecule has 1 aliphatic heterocycles. The fourth-order valence-corrected chi connectivity index (χ4v) is 7.01. The van der Waals surface area contributed by atoms with Crippen molar-refractivity contribution in [1.29, 1.82) is 0 Å². The number of carbonyl (C=O) groups excluding carboxylic acids is 1. The quantitative estimate of drug-likeness (QED) is 0.283. The fourth-order valence-electron chi connectivity index (χ4n) is 7.01. The molecular formula is C28H42F4O3. The summed E-state index contributed by atoms with van der Waals surface area (Å²) in [6.07, 6.45) is 7.96. The Morgan fingerprint density at radius 3 is 1.91 bits per heavy atom. The van der Waals surface area contributed by atoms with E-state index >= 15 is 0 Å². The highest BCUT2D eigenvalue weighted by Crippen LogP contribution is 2.41. The van der Waals surface area contributed by atoms with Crippen LogP contribution in [0.3, 0.4) is 0 Å². The summed E-state index contributed by atoms with van der Waals surface area (Å²) in [5, 5.41) is 0. The van der Waals surface area contributed by atoms with Crippen molar-refractivity contribution in [2.75, 3.05) is 6.61 Å². The van der Waals surface area contributed by atoms with Crippen molar-refractivity contribution in [1.82, 2.24) is 0 Å². The molecule has 0 amide bonds. The SMILES string of the molecule is CC1CCC(C2CCC(C3CCC(C(=O)OC4CCC(/C(F)=C/C(F)(F)F)CC4)CC3)OC2)CC1. The van der Waals surface area contributed by atoms with E-state index in [1.54, 1.807) is 0 Å². The number of hydrogen-bond donors (Lipinski definition) is 0. The van der Waals surface area contributed by atoms with E-state index in [0.717, 1.165) is 56.5 Å². The molecule has 200 valence electrons. The molecule has 35 heavy (non-hydrogen) atoms. The molecule has 3 aliphatic carbocycles. The Bertz CT molecular complexity index is 704. The highest BCUT2D eigenvalue weighted by molar-refractivity contribution is 5.72. The fraction of sp³-hybridized carbons (Fsp3) is 0.893. The maximum absolute atomic E-state index is 13.8. The summed E-state index contributed by atoms with van der Waals surface area (Å²) in [5.74, 6) is 0.834. The highest BCUT2D eigenvalue weighted by atomic mass is 19.4. The average molecular weight is 503 g/mol. The summed E-state index contributed by atoms with van der Waals surface area (Å²) in [7, 11) is 0. The number of halogens is 4. The van der Waals surface area contributed by atoms with Crippen LogP contribution in [0.25, 0.3) is 0 Å². The summed E-state index contributed by atoms with van der Waals surface area (Å²) in [5.41, 5.74) is 0. The number of hydrogen-bond acceptors (Lipinski definition) is 3. The lowest BCUT2D eigenvalue weighted by atomic mass is 9.72. The van der Waals surface area contributed by atoms with Crippen molar-refractivity contribution in [3.8, 4) is 0 Å². The van der Waals surface area contributed by atoms with Crippen molar-refractivity contribution >= 4 is 5.97 Å². The van der Waals surface area contributed by atoms with Gasteiger partial charge in [-0.3, -0.25) is 4.79 Å². The molecule has 3 saturated carbocycles. The Labute approximate surface area is 207 Å². The third-order valence-corrected chi connectivity index (χ3v) is 9.35. The zero-order chi connectivity index (χ0) is 25.0. The third-order valence-electron chi connectivity index (χ3n) is 9.35. The predicted molar refractivity (Wildman–Crippen MR) is 126 cm³/mol. The zero-order valence-corrected chi connectivity index (χ0v) is 21.0. The Morgan fingerprint density at radius 1 is 0.771 bits per heavy atom. The number of alkyl halides is 3. The summed E-state index contributed by atoms with van der Waals surface area (Å²) in [6, 6.07) is 0. The maximum atomic E-state index is 13.8. The average Bonchev–Trinajstić information content (AvgIpc) is 2.84. The summed E-state index contributed by atoms with van der Waals surface area (Å²) in [6.45, 7) is 3.26. The first kappa shape index (κ1) is 26.9. The number of allylic oxidation sites excluding steroid dienone is 2. The molecule has 0 radical (unpaired) electrons. The molecule has 2 atom stereocenters. The van der Waals surface area contributed by atoms with Gasteiger partial charge in [-0.05, 0) is 101 Å². The second-order valence-corrected chi connectivity index (χ2v) is 11.8. The lowest BCUT2D eigenvalue weighted by Crippen LogP contribution is -2.38. The highest BCUT2D eigenvalue weighted by Gasteiger charge is 2.37. The standard InChI is InChI=1S/C28H42F4O3/c1-18-2-4-19(5-3-18)23-12-15-26(34-17-23)21-6-8-22(9-7-21)27(33)35-24-13-10-20(11-14-24)25(29)16-28(30,31)32/h16,18-24,26H,2-15,17H2,1H3/b25-16-. The molecule has 4 fully saturated rings. The molecular weight excluding hydrogens is 460 g/mol. The first-order chi connectivity index (χ1) is 16.7. The topological polar surface area (TPSA) is 35.5 Å². The van der Waals surface area contributed by atoms with Crippen LogP contribution in [0.4, 0.5) is 17.6 Å². The minimum atomic E-state index is -4.63. The van der Waals surface area contributed by atoms with Gasteiger partial charge in [0.25, 0.3) is 0 Å². The van der Waals surface area contributed by atoms with Crippen LogP contribution in [-0.4, -0.2) is 31.0 Å². The van der Waals surface area contributed by atoms with Gasteiger partial charge in [-0.15, -0.1) is 0 Å². The van der Waals surface area contributed by atoms with Gasteiger partial charge in [0.05, 0.1) is 24.7 Å². The van der Waals surface area contributed by atoms with Gasteiger partial charge in [0.15, 0.2) is 0 Å². The Balaban J connectivity index is 1.13. The van der Waals surface area contributed by atoms with Crippen LogP contribution >= 0.6 is 0 Å². The Morgan fingerprint density at radius 2 is 1.34 bits per heavy atom. The number of rotatable bonds is 5. The minimum Gasteiger partial charge on any atom is -0.462 e. The number of carbonyl (C=O) groups is 1. The molecule has 0 N–H and O–H groups in total. The third kappa shape index (κ3) is 7.69. The van der Waals surface area contributed by atoms with Crippen molar-refractivity contribution in [2.45, 2.75) is 115 Å². The van der Waals surface area contributed by atoms with Crippen molar-refractivity contribution in [3.05, 3.63) is 11.9 Å². The molecule has 0 aromatic heterocycles. The second kappa shape index (κ2) is 12.0. The molecule has 1 saturated heterocycles. The first-order valence-electron chi connectivity index (χ1n) is 13.9. The molecule has 3 nitrogen and oxygen atoms in total. The van der Waals surface area contributed by atoms with Gasteiger partial charge in [-0.25, -0.2) is 4.39 Å². The Kier molecular flexibility index (Phi) is 9.20. The van der Waals surface area contributed by atoms with E-state index in [1.807, 2.05) is 0 Å². The van der Waals surface area contributed by atoms with E-state index in [9.17, 15) is 22.4 Å². The molecule has 7 heteroatoms. The normalized spacial score (nSPS) is 39.7. The van der Waals surface area contributed by atoms with Gasteiger partial charge in [-0.1, -0.05) is 19.8 Å². The number of ether oxygens (including phenoxy) is 2. The molecule has 0 spiro atoms. The number of esters is 1. The molecule has 0 aromatic carbocycles. The van der Waals surface area contributed by atoms with Crippen molar-refractivity contribution in [2.24, 2.45) is 35.5 Å². The minimum absolute atomic E-state index is 0.105. The summed E-state index contributed by atoms with van der Waals surface area (Å²) in [4.78, 5) is 12.7. The van der Waals surface area contributed by atoms with E-state index in [2.05, 4.69) is 6.92 Å². The zero-order valence-electron chi connectivity index (χ0n) is 21.0. The van der Waals surface area contributed by atoms with Gasteiger partial charge >= 0.3 is 12.1 Å². The van der Waals surface area contributed by atoms with E-state index in [4.69, 9.17) is 9.47 Å². The van der Waals surface area contributed by atoms with Gasteiger partial charge in [0, 0.05) is 5.92 Å². The predicted octanol–water partition coefficient (Wildman–Crippen LogP) is 7.93. The lowest BCUT2D eigenvalue weighted by molar-refractivity contribution is -0.158. The molecule has 4 rings (SSSR count). The van der Waals surface area contributed by atoms with Gasteiger partial charge in [0.1, 0.15) is 11.9 Å². The van der Waals surface area contributed by atoms with Gasteiger partial charge < -0.3 is 9.47 Å². The van der Waals surface area contributed by atoms with Crippen molar-refractivity contribution < 1.29 is 31.8 Å². The Hall–Kier alpha value is -1.11. The van der Waals surface area contributed by atoms with Gasteiger partial charge in [0.2, 0.25) is 0 Å². The lowest BCUT2D eigenvalue weighted by Gasteiger charge is -2.41. The molecule has 0 bridgehead atoms. The van der Waals surface area contributed by atoms with Crippen LogP contribution in [0.15, 0.2) is 11.9 Å². The van der Waals surface area contributed by atoms with Crippen LogP contribution in [0.2, 0.25) is 0 Å². The van der Waals surface area contributed by atoms with Crippen LogP contribution in [0, 0.1) is 35.5 Å². The molecule has 0 aromatic rings. The molecule has 2 unspecified atom stereocenters.